The highest BCUT2D eigenvalue weighted by molar-refractivity contribution is 7.19. The van der Waals surface area contributed by atoms with E-state index in [0.29, 0.717) is 16.4 Å². The van der Waals surface area contributed by atoms with Gasteiger partial charge < -0.3 is 4.74 Å². The number of benzene rings is 2. The second-order valence-electron chi connectivity index (χ2n) is 5.00. The highest BCUT2D eigenvalue weighted by Crippen LogP contribution is 2.31. The lowest BCUT2D eigenvalue weighted by Crippen LogP contribution is -2.12. The number of hydrogen-bond acceptors (Lipinski definition) is 4. The number of ether oxygens (including phenoxy) is 1. The summed E-state index contributed by atoms with van der Waals surface area (Å²) in [4.78, 5) is 17.7. The summed E-state index contributed by atoms with van der Waals surface area (Å²) >= 11 is 1.45. The Hall–Kier alpha value is -2.66. The van der Waals surface area contributed by atoms with Crippen molar-refractivity contribution in [2.75, 3.05) is 12.4 Å². The zero-order valence-electron chi connectivity index (χ0n) is 12.9. The van der Waals surface area contributed by atoms with Crippen LogP contribution in [0.5, 0.6) is 5.75 Å². The van der Waals surface area contributed by atoms with Crippen molar-refractivity contribution < 1.29 is 9.53 Å². The molecule has 0 atom stereocenters. The maximum atomic E-state index is 12.4. The smallest absolute Gasteiger partial charge is 0.261 e. The van der Waals surface area contributed by atoms with Crippen LogP contribution in [0.3, 0.4) is 0 Å². The zero-order chi connectivity index (χ0) is 16.2. The molecule has 0 unspecified atom stereocenters. The molecule has 0 saturated heterocycles. The number of aryl methyl sites for hydroxylation is 1. The van der Waals surface area contributed by atoms with Crippen molar-refractivity contribution in [1.29, 1.82) is 0 Å². The molecular weight excluding hydrogens is 308 g/mol. The molecule has 0 aliphatic carbocycles. The predicted molar refractivity (Wildman–Crippen MR) is 93.2 cm³/mol. The minimum Gasteiger partial charge on any atom is -0.496 e. The number of carbonyl (C=O) groups is 1. The van der Waals surface area contributed by atoms with Crippen molar-refractivity contribution in [3.8, 4) is 16.2 Å². The van der Waals surface area contributed by atoms with E-state index in [0.717, 1.165) is 10.4 Å². The quantitative estimate of drug-likeness (QED) is 0.775. The number of rotatable bonds is 4. The Bertz CT molecular complexity index is 842. The third kappa shape index (κ3) is 3.24. The Morgan fingerprint density at radius 3 is 2.65 bits per heavy atom. The molecule has 4 nitrogen and oxygen atoms in total. The van der Waals surface area contributed by atoms with E-state index in [1.54, 1.807) is 31.5 Å². The normalized spacial score (nSPS) is 10.3. The van der Waals surface area contributed by atoms with Crippen LogP contribution >= 0.6 is 11.3 Å². The molecule has 3 rings (SSSR count). The Morgan fingerprint density at radius 2 is 1.87 bits per heavy atom. The first-order valence-electron chi connectivity index (χ1n) is 7.15. The third-order valence-electron chi connectivity index (χ3n) is 3.49. The summed E-state index contributed by atoms with van der Waals surface area (Å²) in [5.74, 6) is 0.314. The molecule has 0 aliphatic rings. The second-order valence-corrected chi connectivity index (χ2v) is 6.03. The number of carbonyl (C=O) groups excluding carboxylic acids is 1. The molecule has 0 fully saturated rings. The number of anilines is 1. The molecule has 0 spiro atoms. The van der Waals surface area contributed by atoms with Gasteiger partial charge in [0.05, 0.1) is 17.6 Å². The number of amides is 1. The van der Waals surface area contributed by atoms with Gasteiger partial charge in [-0.2, -0.15) is 0 Å². The zero-order valence-corrected chi connectivity index (χ0v) is 13.7. The molecule has 1 aromatic heterocycles. The van der Waals surface area contributed by atoms with E-state index in [4.69, 9.17) is 4.74 Å². The highest BCUT2D eigenvalue weighted by atomic mass is 32.1. The fourth-order valence-electron chi connectivity index (χ4n) is 2.30. The van der Waals surface area contributed by atoms with Crippen LogP contribution in [0.2, 0.25) is 0 Å². The molecular formula is C18H16N2O2S. The summed E-state index contributed by atoms with van der Waals surface area (Å²) in [5, 5.41) is 3.40. The van der Waals surface area contributed by atoms with E-state index in [1.807, 2.05) is 18.2 Å². The lowest BCUT2D eigenvalue weighted by Gasteiger charge is -2.07. The van der Waals surface area contributed by atoms with Crippen LogP contribution in [0.15, 0.2) is 54.7 Å². The predicted octanol–water partition coefficient (Wildman–Crippen LogP) is 4.38. The molecule has 23 heavy (non-hydrogen) atoms. The monoisotopic (exact) mass is 324 g/mol. The highest BCUT2D eigenvalue weighted by Gasteiger charge is 2.14. The van der Waals surface area contributed by atoms with Gasteiger partial charge in [-0.05, 0) is 30.2 Å². The standard InChI is InChI=1S/C18H16N2O2S/c1-12-7-3-4-8-13(12)16-11-19-18(23-16)20-17(21)14-9-5-6-10-15(14)22-2/h3-11H,1-2H3,(H,19,20,21). The Balaban J connectivity index is 1.82. The van der Waals surface area contributed by atoms with Gasteiger partial charge >= 0.3 is 0 Å². The number of thiazole rings is 1. The second kappa shape index (κ2) is 6.62. The summed E-state index contributed by atoms with van der Waals surface area (Å²) in [5.41, 5.74) is 2.80. The maximum Gasteiger partial charge on any atom is 0.261 e. The first-order chi connectivity index (χ1) is 11.2. The van der Waals surface area contributed by atoms with Crippen molar-refractivity contribution in [3.05, 3.63) is 65.9 Å². The Morgan fingerprint density at radius 1 is 1.13 bits per heavy atom. The molecule has 1 amide bonds. The van der Waals surface area contributed by atoms with Crippen molar-refractivity contribution in [2.45, 2.75) is 6.92 Å². The van der Waals surface area contributed by atoms with Crippen LogP contribution in [0, 0.1) is 6.92 Å². The van der Waals surface area contributed by atoms with Gasteiger partial charge in [0.15, 0.2) is 5.13 Å². The van der Waals surface area contributed by atoms with E-state index in [2.05, 4.69) is 29.4 Å². The maximum absolute atomic E-state index is 12.4. The fraction of sp³-hybridized carbons (Fsp3) is 0.111. The molecule has 1 heterocycles. The van der Waals surface area contributed by atoms with Crippen LogP contribution in [-0.2, 0) is 0 Å². The van der Waals surface area contributed by atoms with Crippen LogP contribution < -0.4 is 10.1 Å². The molecule has 1 N–H and O–H groups in total. The number of para-hydroxylation sites is 1. The Kier molecular flexibility index (Phi) is 4.39. The van der Waals surface area contributed by atoms with Crippen LogP contribution in [-0.4, -0.2) is 18.0 Å². The van der Waals surface area contributed by atoms with E-state index < -0.39 is 0 Å². The van der Waals surface area contributed by atoms with E-state index in [-0.39, 0.29) is 5.91 Å². The number of hydrogen-bond donors (Lipinski definition) is 1. The number of nitrogens with one attached hydrogen (secondary N) is 1. The molecule has 0 radical (unpaired) electrons. The van der Waals surface area contributed by atoms with E-state index in [9.17, 15) is 4.79 Å². The van der Waals surface area contributed by atoms with Gasteiger partial charge in [-0.3, -0.25) is 10.1 Å². The van der Waals surface area contributed by atoms with Crippen LogP contribution in [0.4, 0.5) is 5.13 Å². The van der Waals surface area contributed by atoms with E-state index in [1.165, 1.54) is 16.9 Å². The third-order valence-corrected chi connectivity index (χ3v) is 4.43. The molecule has 3 aromatic rings. The summed E-state index contributed by atoms with van der Waals surface area (Å²) < 4.78 is 5.22. The molecule has 2 aromatic carbocycles. The van der Waals surface area contributed by atoms with Gasteiger partial charge in [0, 0.05) is 6.20 Å². The van der Waals surface area contributed by atoms with Crippen molar-refractivity contribution in [1.82, 2.24) is 4.98 Å². The first-order valence-corrected chi connectivity index (χ1v) is 7.97. The fourth-order valence-corrected chi connectivity index (χ4v) is 3.20. The molecule has 0 saturated carbocycles. The first kappa shape index (κ1) is 15.2. The average Bonchev–Trinajstić information content (AvgIpc) is 3.03. The number of aromatic nitrogens is 1. The van der Waals surface area contributed by atoms with Crippen molar-refractivity contribution >= 4 is 22.4 Å². The molecule has 5 heteroatoms. The molecule has 0 bridgehead atoms. The summed E-state index contributed by atoms with van der Waals surface area (Å²) in [7, 11) is 1.55. The lowest BCUT2D eigenvalue weighted by atomic mass is 10.1. The summed E-state index contributed by atoms with van der Waals surface area (Å²) in [6, 6.07) is 15.2. The van der Waals surface area contributed by atoms with Gasteiger partial charge in [0.2, 0.25) is 0 Å². The minimum absolute atomic E-state index is 0.229. The Labute approximate surface area is 138 Å². The average molecular weight is 324 g/mol. The van der Waals surface area contributed by atoms with E-state index >= 15 is 0 Å². The minimum atomic E-state index is -0.229. The van der Waals surface area contributed by atoms with Crippen molar-refractivity contribution in [2.24, 2.45) is 0 Å². The summed E-state index contributed by atoms with van der Waals surface area (Å²) in [6.45, 7) is 2.06. The van der Waals surface area contributed by atoms with Crippen LogP contribution in [0.25, 0.3) is 10.4 Å². The molecule has 116 valence electrons. The number of methoxy groups -OCH3 is 1. The largest absolute Gasteiger partial charge is 0.496 e. The van der Waals surface area contributed by atoms with Crippen molar-refractivity contribution in [3.63, 3.8) is 0 Å². The van der Waals surface area contributed by atoms with Crippen LogP contribution in [0.1, 0.15) is 15.9 Å². The molecule has 0 aliphatic heterocycles. The number of nitrogens with zero attached hydrogens (tertiary/aromatic N) is 1. The van der Waals surface area contributed by atoms with Gasteiger partial charge in [0.1, 0.15) is 5.75 Å². The van der Waals surface area contributed by atoms with Gasteiger partial charge in [0.25, 0.3) is 5.91 Å². The van der Waals surface area contributed by atoms with Gasteiger partial charge in [-0.25, -0.2) is 4.98 Å². The SMILES string of the molecule is COc1ccccc1C(=O)Nc1ncc(-c2ccccc2C)s1. The van der Waals surface area contributed by atoms with Gasteiger partial charge in [-0.15, -0.1) is 0 Å². The van der Waals surface area contributed by atoms with Gasteiger partial charge in [-0.1, -0.05) is 47.7 Å². The summed E-state index contributed by atoms with van der Waals surface area (Å²) in [6.07, 6.45) is 1.78. The lowest BCUT2D eigenvalue weighted by molar-refractivity contribution is 0.102. The topological polar surface area (TPSA) is 51.2 Å².